The average Bonchev–Trinajstić information content (AvgIpc) is 2.70. The standard InChI is InChI=1S/C14H24F3N3O2.2ClH/c15-14(16,17)10-19-4-1-5-20(7-6-19)13(21)12(18)11-2-8-22-9-3-11;;/h11-12H,1-10,18H2;2*1H. The van der Waals surface area contributed by atoms with Gasteiger partial charge in [-0.1, -0.05) is 0 Å². The largest absolute Gasteiger partial charge is 0.401 e. The Balaban J connectivity index is 0.00000264. The maximum absolute atomic E-state index is 12.5. The molecule has 1 atom stereocenters. The molecule has 0 saturated carbocycles. The molecule has 24 heavy (non-hydrogen) atoms. The number of halogens is 5. The van der Waals surface area contributed by atoms with Crippen LogP contribution in [0.3, 0.4) is 0 Å². The van der Waals surface area contributed by atoms with Crippen LogP contribution in [-0.4, -0.2) is 73.9 Å². The summed E-state index contributed by atoms with van der Waals surface area (Å²) in [6.45, 7) is 1.70. The predicted molar refractivity (Wildman–Crippen MR) is 89.7 cm³/mol. The summed E-state index contributed by atoms with van der Waals surface area (Å²) >= 11 is 0. The fourth-order valence-corrected chi connectivity index (χ4v) is 3.09. The molecule has 2 aliphatic heterocycles. The zero-order valence-corrected chi connectivity index (χ0v) is 15.1. The molecule has 0 aromatic heterocycles. The Morgan fingerprint density at radius 1 is 1.12 bits per heavy atom. The van der Waals surface area contributed by atoms with E-state index in [1.807, 2.05) is 0 Å². The van der Waals surface area contributed by atoms with E-state index in [9.17, 15) is 18.0 Å². The van der Waals surface area contributed by atoms with Crippen molar-refractivity contribution in [2.45, 2.75) is 31.5 Å². The Labute approximate surface area is 152 Å². The van der Waals surface area contributed by atoms with Gasteiger partial charge >= 0.3 is 6.18 Å². The van der Waals surface area contributed by atoms with Crippen LogP contribution in [0.5, 0.6) is 0 Å². The van der Waals surface area contributed by atoms with Gasteiger partial charge in [0.1, 0.15) is 0 Å². The molecule has 2 N–H and O–H groups in total. The molecule has 2 heterocycles. The van der Waals surface area contributed by atoms with E-state index in [1.165, 1.54) is 4.90 Å². The van der Waals surface area contributed by atoms with E-state index in [4.69, 9.17) is 10.5 Å². The summed E-state index contributed by atoms with van der Waals surface area (Å²) in [7, 11) is 0. The molecule has 1 unspecified atom stereocenters. The highest BCUT2D eigenvalue weighted by Gasteiger charge is 2.34. The number of ether oxygens (including phenoxy) is 1. The molecule has 2 aliphatic rings. The fourth-order valence-electron chi connectivity index (χ4n) is 3.09. The number of hydrogen-bond acceptors (Lipinski definition) is 4. The number of carbonyl (C=O) groups is 1. The molecule has 2 rings (SSSR count). The van der Waals surface area contributed by atoms with Gasteiger partial charge in [0.15, 0.2) is 0 Å². The Bertz CT molecular complexity index is 383. The lowest BCUT2D eigenvalue weighted by molar-refractivity contribution is -0.145. The monoisotopic (exact) mass is 395 g/mol. The van der Waals surface area contributed by atoms with Crippen molar-refractivity contribution in [1.82, 2.24) is 9.80 Å². The Morgan fingerprint density at radius 2 is 1.75 bits per heavy atom. The molecule has 10 heteroatoms. The number of rotatable bonds is 3. The maximum Gasteiger partial charge on any atom is 0.401 e. The third-order valence-electron chi connectivity index (χ3n) is 4.36. The zero-order valence-electron chi connectivity index (χ0n) is 13.5. The topological polar surface area (TPSA) is 58.8 Å². The first-order valence-corrected chi connectivity index (χ1v) is 7.78. The second-order valence-corrected chi connectivity index (χ2v) is 6.05. The lowest BCUT2D eigenvalue weighted by atomic mass is 9.91. The van der Waals surface area contributed by atoms with Crippen LogP contribution in [0.15, 0.2) is 0 Å². The van der Waals surface area contributed by atoms with Crippen molar-refractivity contribution >= 4 is 30.7 Å². The average molecular weight is 396 g/mol. The first kappa shape index (κ1) is 23.7. The molecule has 5 nitrogen and oxygen atoms in total. The van der Waals surface area contributed by atoms with Crippen molar-refractivity contribution < 1.29 is 22.7 Å². The number of nitrogens with two attached hydrogens (primary N) is 1. The summed E-state index contributed by atoms with van der Waals surface area (Å²) in [5.41, 5.74) is 6.07. The summed E-state index contributed by atoms with van der Waals surface area (Å²) in [6, 6.07) is -0.571. The highest BCUT2D eigenvalue weighted by Crippen LogP contribution is 2.21. The van der Waals surface area contributed by atoms with E-state index >= 15 is 0 Å². The fraction of sp³-hybridized carbons (Fsp3) is 0.929. The second-order valence-electron chi connectivity index (χ2n) is 6.05. The van der Waals surface area contributed by atoms with Crippen molar-refractivity contribution in [3.63, 3.8) is 0 Å². The number of amides is 1. The SMILES string of the molecule is Cl.Cl.NC(C(=O)N1CCCN(CC(F)(F)F)CC1)C1CCOCC1. The predicted octanol–water partition coefficient (Wildman–Crippen LogP) is 1.68. The number of nitrogens with zero attached hydrogens (tertiary/aromatic N) is 2. The highest BCUT2D eigenvalue weighted by molar-refractivity contribution is 5.85. The van der Waals surface area contributed by atoms with Crippen molar-refractivity contribution in [2.24, 2.45) is 11.7 Å². The van der Waals surface area contributed by atoms with Crippen LogP contribution in [-0.2, 0) is 9.53 Å². The van der Waals surface area contributed by atoms with Crippen LogP contribution in [0.1, 0.15) is 19.3 Å². The van der Waals surface area contributed by atoms with Crippen molar-refractivity contribution in [2.75, 3.05) is 45.9 Å². The van der Waals surface area contributed by atoms with Gasteiger partial charge in [-0.15, -0.1) is 24.8 Å². The van der Waals surface area contributed by atoms with Gasteiger partial charge in [-0.25, -0.2) is 0 Å². The number of carbonyl (C=O) groups excluding carboxylic acids is 1. The molecule has 144 valence electrons. The van der Waals surface area contributed by atoms with Crippen LogP contribution in [0.25, 0.3) is 0 Å². The van der Waals surface area contributed by atoms with Crippen LogP contribution >= 0.6 is 24.8 Å². The maximum atomic E-state index is 12.5. The molecule has 0 aromatic rings. The molecule has 1 amide bonds. The third-order valence-corrected chi connectivity index (χ3v) is 4.36. The molecular formula is C14H26Cl2F3N3O2. The minimum Gasteiger partial charge on any atom is -0.381 e. The Morgan fingerprint density at radius 3 is 2.33 bits per heavy atom. The molecule has 0 bridgehead atoms. The number of hydrogen-bond donors (Lipinski definition) is 1. The summed E-state index contributed by atoms with van der Waals surface area (Å²) in [5.74, 6) is -0.0310. The number of alkyl halides is 3. The Hall–Kier alpha value is -0.280. The molecule has 0 aromatic carbocycles. The van der Waals surface area contributed by atoms with Crippen LogP contribution in [0.4, 0.5) is 13.2 Å². The lowest BCUT2D eigenvalue weighted by Gasteiger charge is -2.31. The van der Waals surface area contributed by atoms with Crippen molar-refractivity contribution in [3.05, 3.63) is 0 Å². The van der Waals surface area contributed by atoms with Crippen LogP contribution in [0.2, 0.25) is 0 Å². The molecule has 0 aliphatic carbocycles. The summed E-state index contributed by atoms with van der Waals surface area (Å²) < 4.78 is 42.6. The van der Waals surface area contributed by atoms with E-state index in [1.54, 1.807) is 4.90 Å². The van der Waals surface area contributed by atoms with Gasteiger partial charge in [0, 0.05) is 39.4 Å². The smallest absolute Gasteiger partial charge is 0.381 e. The van der Waals surface area contributed by atoms with Crippen LogP contribution < -0.4 is 5.73 Å². The van der Waals surface area contributed by atoms with E-state index < -0.39 is 18.8 Å². The van der Waals surface area contributed by atoms with Crippen molar-refractivity contribution in [1.29, 1.82) is 0 Å². The normalized spacial score (nSPS) is 22.1. The summed E-state index contributed by atoms with van der Waals surface area (Å²) in [4.78, 5) is 15.4. The van der Waals surface area contributed by atoms with Crippen LogP contribution in [0, 0.1) is 5.92 Å². The molecule has 0 spiro atoms. The third kappa shape index (κ3) is 7.31. The van der Waals surface area contributed by atoms with Gasteiger partial charge in [0.25, 0.3) is 0 Å². The minimum atomic E-state index is -4.20. The molecule has 2 fully saturated rings. The molecule has 0 radical (unpaired) electrons. The second kappa shape index (κ2) is 10.7. The molecular weight excluding hydrogens is 370 g/mol. The minimum absolute atomic E-state index is 0. The van der Waals surface area contributed by atoms with Crippen molar-refractivity contribution in [3.8, 4) is 0 Å². The van der Waals surface area contributed by atoms with E-state index in [0.717, 1.165) is 12.8 Å². The van der Waals surface area contributed by atoms with E-state index in [-0.39, 0.29) is 43.2 Å². The van der Waals surface area contributed by atoms with Gasteiger partial charge < -0.3 is 15.4 Å². The van der Waals surface area contributed by atoms with Gasteiger partial charge in [0.05, 0.1) is 12.6 Å². The summed E-state index contributed by atoms with van der Waals surface area (Å²) in [6.07, 6.45) is -2.12. The van der Waals surface area contributed by atoms with Gasteiger partial charge in [-0.2, -0.15) is 13.2 Å². The van der Waals surface area contributed by atoms with E-state index in [0.29, 0.717) is 39.3 Å². The lowest BCUT2D eigenvalue weighted by Crippen LogP contribution is -2.50. The van der Waals surface area contributed by atoms with E-state index in [2.05, 4.69) is 0 Å². The quantitative estimate of drug-likeness (QED) is 0.789. The van der Waals surface area contributed by atoms with Gasteiger partial charge in [-0.3, -0.25) is 9.69 Å². The first-order chi connectivity index (χ1) is 10.4. The highest BCUT2D eigenvalue weighted by atomic mass is 35.5. The summed E-state index contributed by atoms with van der Waals surface area (Å²) in [5, 5.41) is 0. The first-order valence-electron chi connectivity index (χ1n) is 7.78. The zero-order chi connectivity index (χ0) is 16.2. The molecule has 2 saturated heterocycles. The Kier molecular flexibility index (Phi) is 10.5. The van der Waals surface area contributed by atoms with Gasteiger partial charge in [0.2, 0.25) is 5.91 Å². The van der Waals surface area contributed by atoms with Gasteiger partial charge in [-0.05, 0) is 25.2 Å².